The lowest BCUT2D eigenvalue weighted by molar-refractivity contribution is -0.125. The fraction of sp³-hybridized carbons (Fsp3) is 0.615. The van der Waals surface area contributed by atoms with Gasteiger partial charge in [0.1, 0.15) is 5.76 Å². The Hall–Kier alpha value is -1.25. The van der Waals surface area contributed by atoms with E-state index in [2.05, 4.69) is 32.4 Å². The van der Waals surface area contributed by atoms with Gasteiger partial charge in [-0.25, -0.2) is 0 Å². The summed E-state index contributed by atoms with van der Waals surface area (Å²) in [4.78, 5) is 9.81. The zero-order chi connectivity index (χ0) is 12.6. The molecule has 0 aromatic heterocycles. The van der Waals surface area contributed by atoms with E-state index in [0.717, 1.165) is 0 Å². The minimum absolute atomic E-state index is 0.332. The molecule has 1 N–H and O–H groups in total. The maximum Gasteiger partial charge on any atom is 0.298 e. The van der Waals surface area contributed by atoms with Gasteiger partial charge in [0, 0.05) is 12.8 Å². The lowest BCUT2D eigenvalue weighted by Gasteiger charge is -2.12. The third-order valence-corrected chi connectivity index (χ3v) is 2.35. The van der Waals surface area contributed by atoms with Gasteiger partial charge in [0.15, 0.2) is 0 Å². The molecule has 0 saturated heterocycles. The molecule has 1 aliphatic carbocycles. The molecule has 0 bridgehead atoms. The van der Waals surface area contributed by atoms with E-state index >= 15 is 0 Å². The first-order chi connectivity index (χ1) is 7.39. The van der Waals surface area contributed by atoms with Gasteiger partial charge in [-0.15, -0.1) is 0 Å². The van der Waals surface area contributed by atoms with Crippen molar-refractivity contribution < 1.29 is 14.6 Å². The summed E-state index contributed by atoms with van der Waals surface area (Å²) in [7, 11) is 0. The highest BCUT2D eigenvalue weighted by molar-refractivity contribution is 5.40. The summed E-state index contributed by atoms with van der Waals surface area (Å²) in [5, 5.41) is 8.87. The average Bonchev–Trinajstić information content (AvgIpc) is 2.22. The van der Waals surface area contributed by atoms with Gasteiger partial charge in [0.25, 0.3) is 6.47 Å². The Morgan fingerprint density at radius 3 is 2.25 bits per heavy atom. The summed E-state index contributed by atoms with van der Waals surface area (Å²) in [6.07, 6.45) is 5.54. The first-order valence-corrected chi connectivity index (χ1v) is 5.58. The molecule has 0 aromatic rings. The predicted molar refractivity (Wildman–Crippen MR) is 64.9 cm³/mol. The average molecular weight is 226 g/mol. The number of rotatable bonds is 2. The van der Waals surface area contributed by atoms with Gasteiger partial charge in [0.05, 0.1) is 5.76 Å². The highest BCUT2D eigenvalue weighted by Crippen LogP contribution is 2.16. The Kier molecular flexibility index (Phi) is 6.54. The van der Waals surface area contributed by atoms with Crippen molar-refractivity contribution in [2.75, 3.05) is 0 Å². The molecular weight excluding hydrogens is 204 g/mol. The van der Waals surface area contributed by atoms with Crippen LogP contribution in [0, 0.1) is 5.41 Å². The Morgan fingerprint density at radius 1 is 1.38 bits per heavy atom. The molecule has 0 aromatic carbocycles. The third kappa shape index (κ3) is 8.09. The van der Waals surface area contributed by atoms with Gasteiger partial charge in [-0.2, -0.15) is 0 Å². The predicted octanol–water partition coefficient (Wildman–Crippen LogP) is 3.72. The van der Waals surface area contributed by atoms with Crippen molar-refractivity contribution in [3.05, 3.63) is 23.7 Å². The third-order valence-electron chi connectivity index (χ3n) is 2.35. The van der Waals surface area contributed by atoms with Crippen molar-refractivity contribution in [3.8, 4) is 0 Å². The highest BCUT2D eigenvalue weighted by Gasteiger charge is 2.04. The van der Waals surface area contributed by atoms with E-state index in [4.69, 9.17) is 5.11 Å². The van der Waals surface area contributed by atoms with Crippen LogP contribution in [-0.2, 0) is 9.53 Å². The van der Waals surface area contributed by atoms with Crippen molar-refractivity contribution in [3.63, 3.8) is 0 Å². The second-order valence-corrected chi connectivity index (χ2v) is 4.92. The van der Waals surface area contributed by atoms with Gasteiger partial charge in [0.2, 0.25) is 0 Å². The minimum atomic E-state index is 0.332. The summed E-state index contributed by atoms with van der Waals surface area (Å²) >= 11 is 0. The maximum atomic E-state index is 9.81. The minimum Gasteiger partial charge on any atom is -0.512 e. The van der Waals surface area contributed by atoms with Crippen LogP contribution in [0.15, 0.2) is 23.7 Å². The Morgan fingerprint density at radius 2 is 1.94 bits per heavy atom. The number of aliphatic hydroxyl groups excluding tert-OH is 1. The molecule has 0 fully saturated rings. The van der Waals surface area contributed by atoms with Crippen LogP contribution in [0.3, 0.4) is 0 Å². The summed E-state index contributed by atoms with van der Waals surface area (Å²) in [6.45, 7) is 9.33. The zero-order valence-electron chi connectivity index (χ0n) is 10.6. The fourth-order valence-corrected chi connectivity index (χ4v) is 0.767. The number of carbonyl (C=O) groups excluding carboxylic acids is 1. The van der Waals surface area contributed by atoms with Crippen LogP contribution < -0.4 is 0 Å². The standard InChI is InChI=1S/C7H8O3.C6H14/c8-5-10-7-3-1-6(9)2-4-7;1-5-6(2,3)4/h1,3,5,9H,2,4H2;5H2,1-4H3. The number of allylic oxidation sites excluding steroid dienone is 4. The molecule has 0 spiro atoms. The molecule has 3 heteroatoms. The Labute approximate surface area is 97.8 Å². The van der Waals surface area contributed by atoms with Crippen LogP contribution in [-0.4, -0.2) is 11.6 Å². The van der Waals surface area contributed by atoms with E-state index in [1.165, 1.54) is 12.5 Å². The molecule has 92 valence electrons. The van der Waals surface area contributed by atoms with Crippen molar-refractivity contribution in [1.29, 1.82) is 0 Å². The number of hydrogen-bond donors (Lipinski definition) is 1. The lowest BCUT2D eigenvalue weighted by atomic mass is 9.94. The Bertz CT molecular complexity index is 269. The van der Waals surface area contributed by atoms with E-state index in [1.54, 1.807) is 6.08 Å². The SMILES string of the molecule is CCC(C)(C)C.O=COC1=CC=C(O)CC1. The molecule has 0 amide bonds. The van der Waals surface area contributed by atoms with E-state index < -0.39 is 0 Å². The summed E-state index contributed by atoms with van der Waals surface area (Å²) < 4.78 is 4.56. The van der Waals surface area contributed by atoms with Crippen molar-refractivity contribution in [1.82, 2.24) is 0 Å². The maximum absolute atomic E-state index is 9.81. The topological polar surface area (TPSA) is 46.5 Å². The van der Waals surface area contributed by atoms with Crippen LogP contribution in [0.25, 0.3) is 0 Å². The van der Waals surface area contributed by atoms with Crippen LogP contribution >= 0.6 is 0 Å². The van der Waals surface area contributed by atoms with Gasteiger partial charge in [-0.3, -0.25) is 4.79 Å². The van der Waals surface area contributed by atoms with Crippen molar-refractivity contribution >= 4 is 6.47 Å². The van der Waals surface area contributed by atoms with Gasteiger partial charge < -0.3 is 9.84 Å². The second kappa shape index (κ2) is 7.09. The molecule has 3 nitrogen and oxygen atoms in total. The number of carbonyl (C=O) groups is 1. The van der Waals surface area contributed by atoms with E-state index in [0.29, 0.717) is 36.2 Å². The first kappa shape index (κ1) is 14.8. The van der Waals surface area contributed by atoms with Crippen LogP contribution in [0.5, 0.6) is 0 Å². The van der Waals surface area contributed by atoms with Crippen LogP contribution in [0.4, 0.5) is 0 Å². The number of aliphatic hydroxyl groups is 1. The molecular formula is C13H22O3. The molecule has 1 rings (SSSR count). The normalized spacial score (nSPS) is 15.2. The fourth-order valence-electron chi connectivity index (χ4n) is 0.767. The van der Waals surface area contributed by atoms with E-state index in [-0.39, 0.29) is 0 Å². The lowest BCUT2D eigenvalue weighted by Crippen LogP contribution is -2.00. The summed E-state index contributed by atoms with van der Waals surface area (Å²) in [5.41, 5.74) is 0.542. The summed E-state index contributed by atoms with van der Waals surface area (Å²) in [5.74, 6) is 0.936. The van der Waals surface area contributed by atoms with Crippen molar-refractivity contribution in [2.45, 2.75) is 47.0 Å². The van der Waals surface area contributed by atoms with Crippen LogP contribution in [0.1, 0.15) is 47.0 Å². The largest absolute Gasteiger partial charge is 0.512 e. The molecule has 0 aliphatic heterocycles. The van der Waals surface area contributed by atoms with Crippen LogP contribution in [0.2, 0.25) is 0 Å². The molecule has 0 radical (unpaired) electrons. The van der Waals surface area contributed by atoms with Gasteiger partial charge >= 0.3 is 0 Å². The molecule has 0 atom stereocenters. The molecule has 0 saturated carbocycles. The van der Waals surface area contributed by atoms with E-state index in [1.807, 2.05) is 0 Å². The zero-order valence-corrected chi connectivity index (χ0v) is 10.6. The number of hydrogen-bond acceptors (Lipinski definition) is 3. The molecule has 1 aliphatic rings. The molecule has 0 unspecified atom stereocenters. The van der Waals surface area contributed by atoms with E-state index in [9.17, 15) is 4.79 Å². The molecule has 0 heterocycles. The quantitative estimate of drug-likeness (QED) is 0.730. The monoisotopic (exact) mass is 226 g/mol. The highest BCUT2D eigenvalue weighted by atomic mass is 16.5. The van der Waals surface area contributed by atoms with Crippen molar-refractivity contribution in [2.24, 2.45) is 5.41 Å². The molecule has 16 heavy (non-hydrogen) atoms. The van der Waals surface area contributed by atoms with Gasteiger partial charge in [-0.1, -0.05) is 34.1 Å². The number of ether oxygens (including phenoxy) is 1. The first-order valence-electron chi connectivity index (χ1n) is 5.58. The second-order valence-electron chi connectivity index (χ2n) is 4.92. The smallest absolute Gasteiger partial charge is 0.298 e. The van der Waals surface area contributed by atoms with Gasteiger partial charge in [-0.05, 0) is 17.6 Å². The Balaban J connectivity index is 0.000000325. The summed E-state index contributed by atoms with van der Waals surface area (Å²) in [6, 6.07) is 0.